The van der Waals surface area contributed by atoms with Gasteiger partial charge < -0.3 is 9.47 Å². The van der Waals surface area contributed by atoms with E-state index in [-0.39, 0.29) is 17.6 Å². The normalized spacial score (nSPS) is 18.0. The predicted octanol–water partition coefficient (Wildman–Crippen LogP) is 5.69. The summed E-state index contributed by atoms with van der Waals surface area (Å²) in [6.45, 7) is 9.60. The summed E-state index contributed by atoms with van der Waals surface area (Å²) in [5, 5.41) is 0. The third-order valence-electron chi connectivity index (χ3n) is 5.34. The van der Waals surface area contributed by atoms with Crippen molar-refractivity contribution in [2.24, 2.45) is 0 Å². The first-order valence-corrected chi connectivity index (χ1v) is 8.72. The van der Waals surface area contributed by atoms with E-state index in [1.54, 1.807) is 7.11 Å². The number of benzene rings is 2. The minimum absolute atomic E-state index is 0.0960. The molecule has 0 spiro atoms. The second-order valence-electron chi connectivity index (χ2n) is 8.05. The number of hydrogen-bond donors (Lipinski definition) is 0. The van der Waals surface area contributed by atoms with Gasteiger partial charge in [-0.2, -0.15) is 0 Å². The Hall–Kier alpha value is -1.80. The van der Waals surface area contributed by atoms with Crippen molar-refractivity contribution in [3.05, 3.63) is 53.6 Å². The Kier molecular flexibility index (Phi) is 4.44. The molecule has 2 heteroatoms. The van der Waals surface area contributed by atoms with Crippen LogP contribution in [0.3, 0.4) is 0 Å². The molecule has 0 heterocycles. The molecule has 2 aromatic rings. The summed E-state index contributed by atoms with van der Waals surface area (Å²) in [4.78, 5) is 0. The fourth-order valence-corrected chi connectivity index (χ4v) is 3.82. The number of fused-ring (bicyclic) bond motifs is 1. The second-order valence-corrected chi connectivity index (χ2v) is 8.05. The van der Waals surface area contributed by atoms with Crippen molar-refractivity contribution in [3.8, 4) is 16.9 Å². The summed E-state index contributed by atoms with van der Waals surface area (Å²) < 4.78 is 11.4. The van der Waals surface area contributed by atoms with Gasteiger partial charge in [-0.05, 0) is 34.8 Å². The van der Waals surface area contributed by atoms with Crippen molar-refractivity contribution in [1.29, 1.82) is 0 Å². The molecule has 0 fully saturated rings. The molecule has 0 saturated heterocycles. The third-order valence-corrected chi connectivity index (χ3v) is 5.34. The Morgan fingerprint density at radius 3 is 2.21 bits per heavy atom. The van der Waals surface area contributed by atoms with E-state index in [1.165, 1.54) is 23.1 Å². The SMILES string of the molecule is COCOc1c(-c2ccccc2)ccc2c1C(C)(C)CCC2(C)C. The summed E-state index contributed by atoms with van der Waals surface area (Å²) in [5.74, 6) is 0.985. The maximum Gasteiger partial charge on any atom is 0.188 e. The number of hydrogen-bond acceptors (Lipinski definition) is 2. The smallest absolute Gasteiger partial charge is 0.188 e. The molecule has 1 aliphatic carbocycles. The van der Waals surface area contributed by atoms with Gasteiger partial charge in [-0.1, -0.05) is 70.2 Å². The highest BCUT2D eigenvalue weighted by atomic mass is 16.7. The molecule has 2 nitrogen and oxygen atoms in total. The maximum absolute atomic E-state index is 6.15. The summed E-state index contributed by atoms with van der Waals surface area (Å²) in [6, 6.07) is 15.0. The van der Waals surface area contributed by atoms with Crippen LogP contribution in [0.5, 0.6) is 5.75 Å². The number of methoxy groups -OCH3 is 1. The zero-order chi connectivity index (χ0) is 17.4. The van der Waals surface area contributed by atoms with Crippen LogP contribution >= 0.6 is 0 Å². The molecule has 0 aliphatic heterocycles. The molecule has 1 aliphatic rings. The molecule has 24 heavy (non-hydrogen) atoms. The van der Waals surface area contributed by atoms with E-state index in [0.717, 1.165) is 17.7 Å². The van der Waals surface area contributed by atoms with E-state index in [0.29, 0.717) is 0 Å². The van der Waals surface area contributed by atoms with Crippen LogP contribution in [-0.4, -0.2) is 13.9 Å². The first-order valence-electron chi connectivity index (χ1n) is 8.72. The van der Waals surface area contributed by atoms with Crippen molar-refractivity contribution in [2.75, 3.05) is 13.9 Å². The van der Waals surface area contributed by atoms with Crippen LogP contribution in [0.25, 0.3) is 11.1 Å². The lowest BCUT2D eigenvalue weighted by atomic mass is 9.62. The molecule has 0 aromatic heterocycles. The van der Waals surface area contributed by atoms with E-state index >= 15 is 0 Å². The average Bonchev–Trinajstić information content (AvgIpc) is 2.57. The van der Waals surface area contributed by atoms with Gasteiger partial charge in [0, 0.05) is 18.2 Å². The van der Waals surface area contributed by atoms with Crippen molar-refractivity contribution in [2.45, 2.75) is 51.4 Å². The first kappa shape index (κ1) is 17.0. The highest BCUT2D eigenvalue weighted by Crippen LogP contribution is 2.51. The van der Waals surface area contributed by atoms with Gasteiger partial charge in [0.2, 0.25) is 0 Å². The summed E-state index contributed by atoms with van der Waals surface area (Å²) >= 11 is 0. The molecule has 0 bridgehead atoms. The van der Waals surface area contributed by atoms with Crippen molar-refractivity contribution in [3.63, 3.8) is 0 Å². The van der Waals surface area contributed by atoms with Gasteiger partial charge in [-0.25, -0.2) is 0 Å². The molecule has 2 aromatic carbocycles. The molecule has 0 atom stereocenters. The van der Waals surface area contributed by atoms with Crippen LogP contribution in [0.2, 0.25) is 0 Å². The Morgan fingerprint density at radius 1 is 0.875 bits per heavy atom. The van der Waals surface area contributed by atoms with E-state index in [1.807, 2.05) is 6.07 Å². The second kappa shape index (κ2) is 6.25. The zero-order valence-corrected chi connectivity index (χ0v) is 15.5. The maximum atomic E-state index is 6.15. The summed E-state index contributed by atoms with van der Waals surface area (Å²) in [6.07, 6.45) is 2.36. The minimum atomic E-state index is 0.0960. The van der Waals surface area contributed by atoms with Gasteiger partial charge >= 0.3 is 0 Å². The molecule has 128 valence electrons. The van der Waals surface area contributed by atoms with Crippen LogP contribution < -0.4 is 4.74 Å². The number of ether oxygens (including phenoxy) is 2. The van der Waals surface area contributed by atoms with E-state index in [2.05, 4.69) is 64.1 Å². The first-order chi connectivity index (χ1) is 11.4. The lowest BCUT2D eigenvalue weighted by Crippen LogP contribution is -2.34. The fourth-order valence-electron chi connectivity index (χ4n) is 3.82. The van der Waals surface area contributed by atoms with Gasteiger partial charge in [0.15, 0.2) is 6.79 Å². The van der Waals surface area contributed by atoms with Crippen molar-refractivity contribution < 1.29 is 9.47 Å². The fraction of sp³-hybridized carbons (Fsp3) is 0.455. The standard InChI is InChI=1S/C22H28O2/c1-21(2)13-14-22(3,4)19-18(21)12-11-17(20(19)24-15-23-5)16-9-7-6-8-10-16/h6-12H,13-15H2,1-5H3. The average molecular weight is 324 g/mol. The Labute approximate surface area is 145 Å². The summed E-state index contributed by atoms with van der Waals surface area (Å²) in [7, 11) is 1.67. The molecule has 0 saturated carbocycles. The highest BCUT2D eigenvalue weighted by Gasteiger charge is 2.40. The van der Waals surface area contributed by atoms with Crippen molar-refractivity contribution in [1.82, 2.24) is 0 Å². The van der Waals surface area contributed by atoms with E-state index in [9.17, 15) is 0 Å². The van der Waals surface area contributed by atoms with E-state index < -0.39 is 0 Å². The summed E-state index contributed by atoms with van der Waals surface area (Å²) in [5.41, 5.74) is 5.36. The van der Waals surface area contributed by atoms with Crippen LogP contribution in [0, 0.1) is 0 Å². The third kappa shape index (κ3) is 2.95. The molecule has 3 rings (SSSR count). The predicted molar refractivity (Wildman–Crippen MR) is 99.7 cm³/mol. The van der Waals surface area contributed by atoms with Crippen LogP contribution in [0.4, 0.5) is 0 Å². The van der Waals surface area contributed by atoms with Gasteiger partial charge in [-0.15, -0.1) is 0 Å². The highest BCUT2D eigenvalue weighted by molar-refractivity contribution is 5.74. The quantitative estimate of drug-likeness (QED) is 0.673. The Morgan fingerprint density at radius 2 is 1.54 bits per heavy atom. The Balaban J connectivity index is 2.26. The Bertz CT molecular complexity index is 714. The zero-order valence-electron chi connectivity index (χ0n) is 15.5. The van der Waals surface area contributed by atoms with Crippen LogP contribution in [0.1, 0.15) is 51.7 Å². The van der Waals surface area contributed by atoms with Crippen LogP contribution in [0.15, 0.2) is 42.5 Å². The molecular weight excluding hydrogens is 296 g/mol. The molecule has 0 amide bonds. The number of rotatable bonds is 4. The largest absolute Gasteiger partial charge is 0.467 e. The topological polar surface area (TPSA) is 18.5 Å². The van der Waals surface area contributed by atoms with Gasteiger partial charge in [0.25, 0.3) is 0 Å². The molecular formula is C22H28O2. The van der Waals surface area contributed by atoms with Gasteiger partial charge in [0.05, 0.1) is 0 Å². The molecule has 0 N–H and O–H groups in total. The molecule has 0 radical (unpaired) electrons. The lowest BCUT2D eigenvalue weighted by molar-refractivity contribution is 0.0495. The van der Waals surface area contributed by atoms with Gasteiger partial charge in [-0.3, -0.25) is 0 Å². The molecule has 0 unspecified atom stereocenters. The van der Waals surface area contributed by atoms with E-state index in [4.69, 9.17) is 9.47 Å². The monoisotopic (exact) mass is 324 g/mol. The minimum Gasteiger partial charge on any atom is -0.467 e. The van der Waals surface area contributed by atoms with Crippen LogP contribution in [-0.2, 0) is 15.6 Å². The van der Waals surface area contributed by atoms with Crippen molar-refractivity contribution >= 4 is 0 Å². The van der Waals surface area contributed by atoms with Gasteiger partial charge in [0.1, 0.15) is 5.75 Å². The lowest BCUT2D eigenvalue weighted by Gasteiger charge is -2.43.